The first-order valence-electron chi connectivity index (χ1n) is 7.93. The summed E-state index contributed by atoms with van der Waals surface area (Å²) in [6.45, 7) is 6.80. The van der Waals surface area contributed by atoms with E-state index < -0.39 is 0 Å². The molecule has 1 aliphatic rings. The summed E-state index contributed by atoms with van der Waals surface area (Å²) in [6.07, 6.45) is 2.08. The maximum Gasteiger partial charge on any atom is 0.223 e. The van der Waals surface area contributed by atoms with E-state index in [0.29, 0.717) is 18.3 Å². The molecule has 3 rings (SSSR count). The fourth-order valence-electron chi connectivity index (χ4n) is 3.05. The van der Waals surface area contributed by atoms with Gasteiger partial charge >= 0.3 is 0 Å². The average molecular weight is 334 g/mol. The molecular weight excluding hydrogens is 312 g/mol. The number of amides is 1. The summed E-state index contributed by atoms with van der Waals surface area (Å²) in [5, 5.41) is 6.02. The van der Waals surface area contributed by atoms with Crippen molar-refractivity contribution in [3.05, 3.63) is 34.1 Å². The van der Waals surface area contributed by atoms with Crippen molar-refractivity contribution >= 4 is 17.2 Å². The predicted molar refractivity (Wildman–Crippen MR) is 88.1 cm³/mol. The Hall–Kier alpha value is -1.73. The minimum Gasteiger partial charge on any atom is -0.340 e. The lowest BCUT2D eigenvalue weighted by Gasteiger charge is -2.27. The third-order valence-corrected chi connectivity index (χ3v) is 5.16. The third kappa shape index (κ3) is 4.17. The molecule has 2 aromatic rings. The van der Waals surface area contributed by atoms with Gasteiger partial charge in [0.15, 0.2) is 5.82 Å². The van der Waals surface area contributed by atoms with E-state index in [1.54, 1.807) is 25.2 Å². The monoisotopic (exact) mass is 334 g/mol. The fourth-order valence-corrected chi connectivity index (χ4v) is 3.75. The number of thiophene rings is 1. The molecule has 124 valence electrons. The fraction of sp³-hybridized carbons (Fsp3) is 0.562. The molecule has 1 saturated heterocycles. The highest BCUT2D eigenvalue weighted by molar-refractivity contribution is 7.09. The smallest absolute Gasteiger partial charge is 0.223 e. The van der Waals surface area contributed by atoms with Gasteiger partial charge < -0.3 is 14.3 Å². The molecular formula is C16H22N4O2S. The molecule has 0 aromatic carbocycles. The van der Waals surface area contributed by atoms with E-state index in [0.717, 1.165) is 32.5 Å². The van der Waals surface area contributed by atoms with Gasteiger partial charge in [0.2, 0.25) is 11.8 Å². The highest BCUT2D eigenvalue weighted by atomic mass is 32.1. The molecule has 6 nitrogen and oxygen atoms in total. The van der Waals surface area contributed by atoms with Crippen LogP contribution in [-0.4, -0.2) is 51.5 Å². The Morgan fingerprint density at radius 2 is 2.43 bits per heavy atom. The number of aromatic nitrogens is 2. The number of likely N-dealkylation sites (tertiary alicyclic amines) is 1. The van der Waals surface area contributed by atoms with Gasteiger partial charge in [-0.3, -0.25) is 4.79 Å². The molecule has 1 aliphatic heterocycles. The van der Waals surface area contributed by atoms with Crippen LogP contribution in [0, 0.1) is 6.92 Å². The van der Waals surface area contributed by atoms with Gasteiger partial charge in [-0.25, -0.2) is 0 Å². The first-order valence-corrected chi connectivity index (χ1v) is 8.81. The van der Waals surface area contributed by atoms with Crippen molar-refractivity contribution in [2.24, 2.45) is 0 Å². The van der Waals surface area contributed by atoms with Gasteiger partial charge in [0.1, 0.15) is 0 Å². The van der Waals surface area contributed by atoms with Crippen molar-refractivity contribution in [3.63, 3.8) is 0 Å². The summed E-state index contributed by atoms with van der Waals surface area (Å²) >= 11 is 1.80. The number of nitrogens with zero attached hydrogens (tertiary/aromatic N) is 4. The van der Waals surface area contributed by atoms with Crippen LogP contribution in [0.4, 0.5) is 0 Å². The van der Waals surface area contributed by atoms with E-state index in [1.807, 2.05) is 4.90 Å². The van der Waals surface area contributed by atoms with Crippen molar-refractivity contribution in [3.8, 4) is 0 Å². The van der Waals surface area contributed by atoms with E-state index >= 15 is 0 Å². The molecule has 0 bridgehead atoms. The largest absolute Gasteiger partial charge is 0.340 e. The molecule has 7 heteroatoms. The summed E-state index contributed by atoms with van der Waals surface area (Å²) in [5.74, 6) is 1.18. The zero-order chi connectivity index (χ0) is 16.2. The summed E-state index contributed by atoms with van der Waals surface area (Å²) in [6, 6.07) is 4.50. The Labute approximate surface area is 140 Å². The summed E-state index contributed by atoms with van der Waals surface area (Å²) in [4.78, 5) is 21.9. The molecule has 1 amide bonds. The second-order valence-electron chi connectivity index (χ2n) is 5.95. The zero-order valence-corrected chi connectivity index (χ0v) is 14.4. The minimum absolute atomic E-state index is 0.0672. The Kier molecular flexibility index (Phi) is 5.07. The topological polar surface area (TPSA) is 62.5 Å². The molecule has 23 heavy (non-hydrogen) atoms. The van der Waals surface area contributed by atoms with Gasteiger partial charge in [-0.15, -0.1) is 11.3 Å². The molecule has 2 aromatic heterocycles. The summed E-state index contributed by atoms with van der Waals surface area (Å²) < 4.78 is 5.00. The second kappa shape index (κ2) is 7.23. The van der Waals surface area contributed by atoms with E-state index in [4.69, 9.17) is 4.52 Å². The van der Waals surface area contributed by atoms with E-state index in [1.165, 1.54) is 4.88 Å². The second-order valence-corrected chi connectivity index (χ2v) is 6.98. The number of hydrogen-bond acceptors (Lipinski definition) is 6. The van der Waals surface area contributed by atoms with Crippen LogP contribution < -0.4 is 0 Å². The van der Waals surface area contributed by atoms with Crippen molar-refractivity contribution in [1.29, 1.82) is 0 Å². The lowest BCUT2D eigenvalue weighted by molar-refractivity contribution is -0.131. The Bertz CT molecular complexity index is 640. The van der Waals surface area contributed by atoms with Crippen LogP contribution in [-0.2, 0) is 17.8 Å². The van der Waals surface area contributed by atoms with Crippen LogP contribution >= 0.6 is 11.3 Å². The number of carbonyl (C=O) groups excluding carboxylic acids is 1. The molecule has 0 N–H and O–H groups in total. The summed E-state index contributed by atoms with van der Waals surface area (Å²) in [5.41, 5.74) is 0. The standard InChI is InChI=1S/C16H22N4O2S/c1-12-17-16(18-22-12)11-20(13(2)21)14-5-7-19(10-14)8-6-15-4-3-9-23-15/h3-4,9,14H,5-8,10-11H2,1-2H3/t14-/m0/s1. The summed E-state index contributed by atoms with van der Waals surface area (Å²) in [7, 11) is 0. The van der Waals surface area contributed by atoms with Crippen LogP contribution in [0.2, 0.25) is 0 Å². The third-order valence-electron chi connectivity index (χ3n) is 4.23. The molecule has 0 unspecified atom stereocenters. The molecule has 3 heterocycles. The van der Waals surface area contributed by atoms with E-state index in [2.05, 4.69) is 32.6 Å². The number of carbonyl (C=O) groups is 1. The maximum atomic E-state index is 12.0. The minimum atomic E-state index is 0.0672. The van der Waals surface area contributed by atoms with Gasteiger partial charge in [-0.05, 0) is 24.3 Å². The lowest BCUT2D eigenvalue weighted by Crippen LogP contribution is -2.40. The average Bonchev–Trinajstić information content (AvgIpc) is 3.24. The Morgan fingerprint density at radius 1 is 1.57 bits per heavy atom. The molecule has 0 radical (unpaired) electrons. The van der Waals surface area contributed by atoms with Crippen molar-refractivity contribution in [2.45, 2.75) is 39.3 Å². The van der Waals surface area contributed by atoms with Gasteiger partial charge in [-0.1, -0.05) is 11.2 Å². The Balaban J connectivity index is 1.55. The maximum absolute atomic E-state index is 12.0. The van der Waals surface area contributed by atoms with Crippen LogP contribution in [0.5, 0.6) is 0 Å². The van der Waals surface area contributed by atoms with Crippen LogP contribution in [0.15, 0.2) is 22.0 Å². The molecule has 1 atom stereocenters. The molecule has 0 aliphatic carbocycles. The van der Waals surface area contributed by atoms with Crippen molar-refractivity contribution in [1.82, 2.24) is 19.9 Å². The van der Waals surface area contributed by atoms with E-state index in [-0.39, 0.29) is 11.9 Å². The van der Waals surface area contributed by atoms with Gasteiger partial charge in [-0.2, -0.15) is 4.98 Å². The number of hydrogen-bond donors (Lipinski definition) is 0. The van der Waals surface area contributed by atoms with Crippen LogP contribution in [0.25, 0.3) is 0 Å². The van der Waals surface area contributed by atoms with Crippen molar-refractivity contribution in [2.75, 3.05) is 19.6 Å². The highest BCUT2D eigenvalue weighted by Crippen LogP contribution is 2.19. The molecule has 0 saturated carbocycles. The van der Waals surface area contributed by atoms with E-state index in [9.17, 15) is 4.79 Å². The van der Waals surface area contributed by atoms with Crippen molar-refractivity contribution < 1.29 is 9.32 Å². The van der Waals surface area contributed by atoms with Gasteiger partial charge in [0, 0.05) is 44.4 Å². The first kappa shape index (κ1) is 16.1. The number of rotatable bonds is 6. The zero-order valence-electron chi connectivity index (χ0n) is 13.6. The normalized spacial score (nSPS) is 18.4. The van der Waals surface area contributed by atoms with Crippen LogP contribution in [0.1, 0.15) is 29.9 Å². The quantitative estimate of drug-likeness (QED) is 0.809. The lowest BCUT2D eigenvalue weighted by atomic mass is 10.2. The predicted octanol–water partition coefficient (Wildman–Crippen LogP) is 2.11. The molecule has 0 spiro atoms. The Morgan fingerprint density at radius 3 is 3.09 bits per heavy atom. The van der Waals surface area contributed by atoms with Gasteiger partial charge in [0.05, 0.1) is 6.54 Å². The molecule has 1 fully saturated rings. The highest BCUT2D eigenvalue weighted by Gasteiger charge is 2.30. The number of aryl methyl sites for hydroxylation is 1. The van der Waals surface area contributed by atoms with Crippen LogP contribution in [0.3, 0.4) is 0 Å². The SMILES string of the molecule is CC(=O)N(Cc1noc(C)n1)[C@H]1CCN(CCc2cccs2)C1. The van der Waals surface area contributed by atoms with Gasteiger partial charge in [0.25, 0.3) is 0 Å². The first-order chi connectivity index (χ1) is 11.1.